The van der Waals surface area contributed by atoms with Crippen molar-refractivity contribution in [2.75, 3.05) is 13.1 Å². The molecule has 3 aromatic carbocycles. The fourth-order valence-electron chi connectivity index (χ4n) is 4.60. The number of rotatable bonds is 12. The van der Waals surface area contributed by atoms with E-state index in [0.717, 1.165) is 4.31 Å². The van der Waals surface area contributed by atoms with Crippen molar-refractivity contribution in [1.82, 2.24) is 9.62 Å². The highest BCUT2D eigenvalue weighted by molar-refractivity contribution is 7.89. The molecular weight excluding hydrogens is 595 g/mol. The minimum absolute atomic E-state index is 0.113. The number of carbonyl (C=O) groups is 3. The van der Waals surface area contributed by atoms with Gasteiger partial charge in [0.1, 0.15) is 17.6 Å². The molecule has 44 heavy (non-hydrogen) atoms. The van der Waals surface area contributed by atoms with Crippen LogP contribution in [0.2, 0.25) is 0 Å². The fourth-order valence-corrected chi connectivity index (χ4v) is 6.20. The van der Waals surface area contributed by atoms with Crippen LogP contribution in [0.5, 0.6) is 5.75 Å². The van der Waals surface area contributed by atoms with Gasteiger partial charge in [-0.25, -0.2) is 22.4 Å². The topological polar surface area (TPSA) is 149 Å². The summed E-state index contributed by atoms with van der Waals surface area (Å²) in [6.45, 7) is 4.18. The third kappa shape index (κ3) is 7.53. The van der Waals surface area contributed by atoms with Crippen LogP contribution in [0.4, 0.5) is 9.18 Å². The van der Waals surface area contributed by atoms with Crippen LogP contribution >= 0.6 is 0 Å². The lowest BCUT2D eigenvalue weighted by Gasteiger charge is -2.48. The van der Waals surface area contributed by atoms with Crippen LogP contribution < -0.4 is 10.1 Å². The number of ether oxygens (including phenoxy) is 3. The van der Waals surface area contributed by atoms with Crippen LogP contribution in [0.15, 0.2) is 83.8 Å². The number of amides is 1. The molecule has 1 saturated heterocycles. The average molecular weight is 629 g/mol. The van der Waals surface area contributed by atoms with Crippen molar-refractivity contribution < 1.29 is 46.5 Å². The third-order valence-corrected chi connectivity index (χ3v) is 8.67. The van der Waals surface area contributed by atoms with Crippen LogP contribution in [0, 0.1) is 11.7 Å². The molecule has 1 fully saturated rings. The maximum absolute atomic E-state index is 14.9. The van der Waals surface area contributed by atoms with Crippen molar-refractivity contribution in [3.8, 4) is 5.75 Å². The first-order valence-electron chi connectivity index (χ1n) is 13.8. The van der Waals surface area contributed by atoms with Gasteiger partial charge in [0.15, 0.2) is 5.60 Å². The number of hydrogen-bond donors (Lipinski definition) is 2. The number of sulfonamides is 1. The molecule has 0 aromatic heterocycles. The molecule has 0 bridgehead atoms. The molecule has 1 amide bonds. The van der Waals surface area contributed by atoms with Crippen molar-refractivity contribution in [1.29, 1.82) is 0 Å². The number of nitrogens with one attached hydrogen (secondary N) is 1. The molecule has 0 radical (unpaired) electrons. The Balaban J connectivity index is 1.47. The van der Waals surface area contributed by atoms with Crippen molar-refractivity contribution in [3.63, 3.8) is 0 Å². The van der Waals surface area contributed by atoms with Gasteiger partial charge in [-0.15, -0.1) is 0 Å². The number of nitrogens with zero attached hydrogens (tertiary/aromatic N) is 1. The summed E-state index contributed by atoms with van der Waals surface area (Å²) in [5.41, 5.74) is -0.740. The lowest BCUT2D eigenvalue weighted by Crippen LogP contribution is -2.64. The summed E-state index contributed by atoms with van der Waals surface area (Å²) in [5, 5.41) is 11.9. The maximum atomic E-state index is 14.9. The number of alkyl carbamates (subject to hydrolysis) is 1. The van der Waals surface area contributed by atoms with Gasteiger partial charge in [0.05, 0.1) is 23.9 Å². The van der Waals surface area contributed by atoms with Gasteiger partial charge in [-0.2, -0.15) is 4.31 Å². The molecule has 234 valence electrons. The molecule has 1 aliphatic heterocycles. The maximum Gasteiger partial charge on any atom is 0.410 e. The summed E-state index contributed by atoms with van der Waals surface area (Å²) in [6, 6.07) is 18.9. The van der Waals surface area contributed by atoms with Crippen LogP contribution in [0.1, 0.15) is 31.9 Å². The summed E-state index contributed by atoms with van der Waals surface area (Å²) < 4.78 is 59.3. The molecule has 1 heterocycles. The van der Waals surface area contributed by atoms with Crippen LogP contribution in [0.25, 0.3) is 0 Å². The Morgan fingerprint density at radius 2 is 1.61 bits per heavy atom. The molecule has 4 rings (SSSR count). The number of aliphatic carboxylic acids is 1. The van der Waals surface area contributed by atoms with E-state index in [1.54, 1.807) is 56.3 Å². The van der Waals surface area contributed by atoms with Gasteiger partial charge < -0.3 is 24.6 Å². The minimum atomic E-state index is -4.10. The zero-order valence-corrected chi connectivity index (χ0v) is 25.1. The van der Waals surface area contributed by atoms with Gasteiger partial charge in [-0.3, -0.25) is 4.79 Å². The number of esters is 1. The molecule has 13 heteroatoms. The Morgan fingerprint density at radius 3 is 2.25 bits per heavy atom. The second kappa shape index (κ2) is 13.4. The Morgan fingerprint density at radius 1 is 0.955 bits per heavy atom. The number of para-hydroxylation sites is 1. The lowest BCUT2D eigenvalue weighted by molar-refractivity contribution is -0.169. The van der Waals surface area contributed by atoms with E-state index >= 15 is 0 Å². The van der Waals surface area contributed by atoms with Crippen molar-refractivity contribution in [3.05, 3.63) is 95.8 Å². The van der Waals surface area contributed by atoms with Crippen molar-refractivity contribution in [2.45, 2.75) is 50.0 Å². The monoisotopic (exact) mass is 628 g/mol. The van der Waals surface area contributed by atoms with Gasteiger partial charge in [0.2, 0.25) is 16.3 Å². The first-order valence-corrected chi connectivity index (χ1v) is 15.2. The predicted octanol–water partition coefficient (Wildman–Crippen LogP) is 4.07. The smallest absolute Gasteiger partial charge is 0.410 e. The van der Waals surface area contributed by atoms with E-state index in [1.165, 1.54) is 43.3 Å². The molecule has 0 aliphatic carbocycles. The standard InChI is InChI=1S/C31H33FN2O9S/c1-20(2)29(37)41-21(3)42-30(38)33-27(28(35)36)17-22-10-9-13-24(16-22)44(39,40)34-18-31(19-34,25-14-7-8-15-26(25)32)43-23-11-5-4-6-12-23/h4-16,20-21,27H,17-19H2,1-3H3,(H,33,38)(H,35,36). The first kappa shape index (κ1) is 32.4. The number of hydrogen-bond acceptors (Lipinski definition) is 8. The molecule has 0 spiro atoms. The quantitative estimate of drug-likeness (QED) is 0.224. The van der Waals surface area contributed by atoms with E-state index in [2.05, 4.69) is 5.32 Å². The molecule has 0 saturated carbocycles. The normalized spacial score (nSPS) is 15.8. The lowest BCUT2D eigenvalue weighted by atomic mass is 9.87. The van der Waals surface area contributed by atoms with E-state index in [4.69, 9.17) is 14.2 Å². The van der Waals surface area contributed by atoms with Crippen molar-refractivity contribution in [2.24, 2.45) is 5.92 Å². The van der Waals surface area contributed by atoms with Crippen molar-refractivity contribution >= 4 is 28.1 Å². The highest BCUT2D eigenvalue weighted by atomic mass is 32.2. The predicted molar refractivity (Wildman–Crippen MR) is 155 cm³/mol. The second-order valence-corrected chi connectivity index (χ2v) is 12.6. The highest BCUT2D eigenvalue weighted by Gasteiger charge is 2.53. The summed E-state index contributed by atoms with van der Waals surface area (Å²) in [4.78, 5) is 35.8. The van der Waals surface area contributed by atoms with E-state index < -0.39 is 57.7 Å². The summed E-state index contributed by atoms with van der Waals surface area (Å²) in [6.07, 6.45) is -2.66. The summed E-state index contributed by atoms with van der Waals surface area (Å²) in [5.74, 6) is -2.52. The van der Waals surface area contributed by atoms with E-state index in [9.17, 15) is 32.3 Å². The Hall–Kier alpha value is -4.49. The van der Waals surface area contributed by atoms with Gasteiger partial charge in [-0.1, -0.05) is 62.4 Å². The molecule has 2 atom stereocenters. The highest BCUT2D eigenvalue weighted by Crippen LogP contribution is 2.41. The summed E-state index contributed by atoms with van der Waals surface area (Å²) in [7, 11) is -4.10. The van der Waals surface area contributed by atoms with E-state index in [-0.39, 0.29) is 30.0 Å². The second-order valence-electron chi connectivity index (χ2n) is 10.6. The molecular formula is C31H33FN2O9S. The molecule has 2 N–H and O–H groups in total. The van der Waals surface area contributed by atoms with Gasteiger partial charge in [-0.05, 0) is 35.9 Å². The first-order chi connectivity index (χ1) is 20.8. The molecule has 1 aliphatic rings. The van der Waals surface area contributed by atoms with Crippen LogP contribution in [-0.2, 0) is 41.1 Å². The van der Waals surface area contributed by atoms with E-state index in [0.29, 0.717) is 11.3 Å². The van der Waals surface area contributed by atoms with E-state index in [1.807, 2.05) is 0 Å². The largest absolute Gasteiger partial charge is 0.480 e. The molecule has 11 nitrogen and oxygen atoms in total. The Kier molecular flexibility index (Phi) is 9.90. The van der Waals surface area contributed by atoms with Gasteiger partial charge in [0.25, 0.3) is 0 Å². The third-order valence-electron chi connectivity index (χ3n) is 6.88. The fraction of sp³-hybridized carbons (Fsp3) is 0.323. The minimum Gasteiger partial charge on any atom is -0.480 e. The van der Waals surface area contributed by atoms with Crippen LogP contribution in [0.3, 0.4) is 0 Å². The molecule has 3 aromatic rings. The SMILES string of the molecule is CC(OC(=O)NC(Cc1cccc(S(=O)(=O)N2CC(Oc3ccccc3)(c3ccccc3F)C2)c1)C(=O)O)OC(=O)C(C)C. The Labute approximate surface area is 254 Å². The number of halogens is 1. The van der Waals surface area contributed by atoms with Crippen LogP contribution in [-0.4, -0.2) is 61.3 Å². The number of carboxylic acid groups (broad SMARTS) is 1. The Bertz CT molecular complexity index is 1610. The number of carboxylic acids is 1. The average Bonchev–Trinajstić information content (AvgIpc) is 2.95. The zero-order valence-electron chi connectivity index (χ0n) is 24.3. The zero-order chi connectivity index (χ0) is 32.1. The number of benzene rings is 3. The van der Waals surface area contributed by atoms with Gasteiger partial charge >= 0.3 is 18.0 Å². The summed E-state index contributed by atoms with van der Waals surface area (Å²) >= 11 is 0. The van der Waals surface area contributed by atoms with Gasteiger partial charge in [0, 0.05) is 18.9 Å². The number of carbonyl (C=O) groups excluding carboxylic acids is 2. The molecule has 2 unspecified atom stereocenters.